The van der Waals surface area contributed by atoms with Crippen molar-refractivity contribution in [2.24, 2.45) is 0 Å². The van der Waals surface area contributed by atoms with Crippen molar-refractivity contribution in [3.63, 3.8) is 0 Å². The lowest BCUT2D eigenvalue weighted by atomic mass is 9.98. The number of halogens is 3. The van der Waals surface area contributed by atoms with Crippen molar-refractivity contribution in [2.75, 3.05) is 13.0 Å². The van der Waals surface area contributed by atoms with Crippen LogP contribution in [0, 0.1) is 20.8 Å². The molecule has 0 spiro atoms. The van der Waals surface area contributed by atoms with Gasteiger partial charge in [-0.2, -0.15) is 0 Å². The molecule has 2 heterocycles. The third kappa shape index (κ3) is 6.09. The Hall–Kier alpha value is -4.42. The Labute approximate surface area is 240 Å². The SMILES string of the molecule is COCS(=O)(=O)c1cccc(-c2ccc(-n3cc(C)nc3C)c(-c3nc(C)oc3-c3ccc(OC(F)(F)F)cc3)c2)c1. The molecule has 0 aliphatic heterocycles. The highest BCUT2D eigenvalue weighted by molar-refractivity contribution is 7.91. The number of hydrogen-bond acceptors (Lipinski definition) is 7. The highest BCUT2D eigenvalue weighted by Crippen LogP contribution is 2.39. The summed E-state index contributed by atoms with van der Waals surface area (Å²) in [5, 5.41) is 0. The molecular weight excluding hydrogens is 571 g/mol. The second-order valence-electron chi connectivity index (χ2n) is 9.56. The van der Waals surface area contributed by atoms with Crippen LogP contribution in [0.25, 0.3) is 39.4 Å². The summed E-state index contributed by atoms with van der Waals surface area (Å²) in [6.07, 6.45) is -2.94. The molecule has 0 aliphatic carbocycles. The summed E-state index contributed by atoms with van der Waals surface area (Å²) < 4.78 is 80.2. The van der Waals surface area contributed by atoms with Crippen molar-refractivity contribution in [1.29, 1.82) is 0 Å². The topological polar surface area (TPSA) is 96.5 Å². The molecular formula is C30H26F3N3O5S. The summed E-state index contributed by atoms with van der Waals surface area (Å²) >= 11 is 0. The molecule has 0 saturated carbocycles. The van der Waals surface area contributed by atoms with Gasteiger partial charge in [-0.25, -0.2) is 18.4 Å². The summed E-state index contributed by atoms with van der Waals surface area (Å²) in [5.74, 6) is 0.603. The molecule has 5 rings (SSSR count). The molecule has 0 bridgehead atoms. The van der Waals surface area contributed by atoms with Crippen LogP contribution >= 0.6 is 0 Å². The molecule has 0 fully saturated rings. The minimum absolute atomic E-state index is 0.118. The zero-order valence-electron chi connectivity index (χ0n) is 23.1. The van der Waals surface area contributed by atoms with Crippen LogP contribution in [-0.4, -0.2) is 42.4 Å². The molecule has 0 saturated heterocycles. The molecule has 12 heteroatoms. The summed E-state index contributed by atoms with van der Waals surface area (Å²) in [6.45, 7) is 5.41. The van der Waals surface area contributed by atoms with Crippen molar-refractivity contribution in [2.45, 2.75) is 32.0 Å². The first-order chi connectivity index (χ1) is 19.8. The smallest absolute Gasteiger partial charge is 0.440 e. The third-order valence-corrected chi connectivity index (χ3v) is 7.92. The van der Waals surface area contributed by atoms with E-state index in [0.717, 1.165) is 17.2 Å². The van der Waals surface area contributed by atoms with Crippen LogP contribution < -0.4 is 4.74 Å². The second-order valence-corrected chi connectivity index (χ2v) is 11.5. The zero-order valence-corrected chi connectivity index (χ0v) is 23.9. The van der Waals surface area contributed by atoms with Gasteiger partial charge in [-0.05, 0) is 73.5 Å². The number of hydrogen-bond donors (Lipinski definition) is 0. The summed E-state index contributed by atoms with van der Waals surface area (Å²) in [5.41, 5.74) is 4.46. The van der Waals surface area contributed by atoms with Gasteiger partial charge in [-0.3, -0.25) is 0 Å². The van der Waals surface area contributed by atoms with Crippen molar-refractivity contribution in [3.05, 3.63) is 90.3 Å². The van der Waals surface area contributed by atoms with Crippen LogP contribution in [0.5, 0.6) is 5.75 Å². The average molecular weight is 598 g/mol. The van der Waals surface area contributed by atoms with E-state index in [2.05, 4.69) is 14.7 Å². The van der Waals surface area contributed by atoms with E-state index in [1.165, 1.54) is 37.4 Å². The van der Waals surface area contributed by atoms with Gasteiger partial charge in [0.2, 0.25) is 9.84 Å². The monoisotopic (exact) mass is 597 g/mol. The lowest BCUT2D eigenvalue weighted by Crippen LogP contribution is -2.16. The van der Waals surface area contributed by atoms with E-state index in [4.69, 9.17) is 9.15 Å². The predicted molar refractivity (Wildman–Crippen MR) is 150 cm³/mol. The molecule has 2 aromatic heterocycles. The van der Waals surface area contributed by atoms with E-state index >= 15 is 0 Å². The molecule has 0 N–H and O–H groups in total. The van der Waals surface area contributed by atoms with E-state index in [9.17, 15) is 21.6 Å². The van der Waals surface area contributed by atoms with Crippen LogP contribution in [0.15, 0.2) is 82.2 Å². The fourth-order valence-electron chi connectivity index (χ4n) is 4.68. The standard InChI is InChI=1S/C30H26F3N3O5S/c1-18-16-36(19(2)34-18)27-13-10-23(22-6-5-7-25(14-22)42(37,38)17-39-4)15-26(27)28-29(40-20(3)35-28)21-8-11-24(12-9-21)41-30(31,32)33/h5-16H,17H2,1-4H3. The van der Waals surface area contributed by atoms with E-state index in [1.54, 1.807) is 25.1 Å². The number of methoxy groups -OCH3 is 1. The molecule has 0 atom stereocenters. The van der Waals surface area contributed by atoms with Gasteiger partial charge in [-0.15, -0.1) is 13.2 Å². The molecule has 218 valence electrons. The summed E-state index contributed by atoms with van der Waals surface area (Å²) in [6, 6.07) is 17.5. The van der Waals surface area contributed by atoms with Crippen molar-refractivity contribution in [1.82, 2.24) is 14.5 Å². The quantitative estimate of drug-likeness (QED) is 0.189. The molecule has 0 amide bonds. The van der Waals surface area contributed by atoms with E-state index in [0.29, 0.717) is 39.6 Å². The lowest BCUT2D eigenvalue weighted by molar-refractivity contribution is -0.274. The van der Waals surface area contributed by atoms with Gasteiger partial charge < -0.3 is 18.5 Å². The van der Waals surface area contributed by atoms with Gasteiger partial charge in [0.15, 0.2) is 17.6 Å². The van der Waals surface area contributed by atoms with Gasteiger partial charge >= 0.3 is 6.36 Å². The van der Waals surface area contributed by atoms with Crippen LogP contribution in [-0.2, 0) is 14.6 Å². The summed E-state index contributed by atoms with van der Waals surface area (Å²) in [4.78, 5) is 9.29. The average Bonchev–Trinajstić information content (AvgIpc) is 3.48. The molecule has 3 aromatic carbocycles. The maximum absolute atomic E-state index is 12.7. The molecule has 8 nitrogen and oxygen atoms in total. The number of aryl methyl sites for hydroxylation is 3. The Morgan fingerprint density at radius 1 is 0.905 bits per heavy atom. The molecule has 0 radical (unpaired) electrons. The van der Waals surface area contributed by atoms with Gasteiger partial charge in [0.25, 0.3) is 0 Å². The number of oxazole rings is 1. The second kappa shape index (κ2) is 11.1. The van der Waals surface area contributed by atoms with Crippen molar-refractivity contribution >= 4 is 9.84 Å². The van der Waals surface area contributed by atoms with Crippen LogP contribution in [0.1, 0.15) is 17.4 Å². The Balaban J connectivity index is 1.68. The largest absolute Gasteiger partial charge is 0.573 e. The van der Waals surface area contributed by atoms with Gasteiger partial charge in [-0.1, -0.05) is 18.2 Å². The highest BCUT2D eigenvalue weighted by atomic mass is 32.2. The third-order valence-electron chi connectivity index (χ3n) is 6.40. The Morgan fingerprint density at radius 3 is 2.24 bits per heavy atom. The number of benzene rings is 3. The Bertz CT molecular complexity index is 1860. The van der Waals surface area contributed by atoms with Crippen LogP contribution in [0.3, 0.4) is 0 Å². The predicted octanol–water partition coefficient (Wildman–Crippen LogP) is 7.06. The number of nitrogens with zero attached hydrogens (tertiary/aromatic N) is 3. The number of alkyl halides is 3. The number of aromatic nitrogens is 3. The Morgan fingerprint density at radius 2 is 1.60 bits per heavy atom. The fraction of sp³-hybridized carbons (Fsp3) is 0.200. The van der Waals surface area contributed by atoms with E-state index in [-0.39, 0.29) is 10.6 Å². The zero-order chi connectivity index (χ0) is 30.2. The number of rotatable bonds is 8. The van der Waals surface area contributed by atoms with E-state index < -0.39 is 22.1 Å². The normalized spacial score (nSPS) is 12.1. The van der Waals surface area contributed by atoms with Crippen LogP contribution in [0.4, 0.5) is 13.2 Å². The number of sulfone groups is 1. The fourth-order valence-corrected chi connectivity index (χ4v) is 5.72. The maximum Gasteiger partial charge on any atom is 0.573 e. The van der Waals surface area contributed by atoms with Gasteiger partial charge in [0.05, 0.1) is 16.3 Å². The lowest BCUT2D eigenvalue weighted by Gasteiger charge is -2.14. The Kier molecular flexibility index (Phi) is 7.69. The maximum atomic E-state index is 12.7. The van der Waals surface area contributed by atoms with E-state index in [1.807, 2.05) is 42.8 Å². The minimum Gasteiger partial charge on any atom is -0.440 e. The molecule has 0 aliphatic rings. The number of ether oxygens (including phenoxy) is 2. The first kappa shape index (κ1) is 29.1. The summed E-state index contributed by atoms with van der Waals surface area (Å²) in [7, 11) is -2.33. The molecule has 42 heavy (non-hydrogen) atoms. The number of imidazole rings is 1. The first-order valence-corrected chi connectivity index (χ1v) is 14.3. The van der Waals surface area contributed by atoms with Gasteiger partial charge in [0, 0.05) is 31.4 Å². The van der Waals surface area contributed by atoms with Crippen molar-refractivity contribution in [3.8, 4) is 45.1 Å². The van der Waals surface area contributed by atoms with Crippen molar-refractivity contribution < 1.29 is 35.5 Å². The highest BCUT2D eigenvalue weighted by Gasteiger charge is 2.31. The molecule has 0 unspecified atom stereocenters. The first-order valence-electron chi connectivity index (χ1n) is 12.7. The molecule has 5 aromatic rings. The van der Waals surface area contributed by atoms with Crippen LogP contribution in [0.2, 0.25) is 0 Å². The van der Waals surface area contributed by atoms with Gasteiger partial charge in [0.1, 0.15) is 17.3 Å². The minimum atomic E-state index is -4.81.